The molecule has 0 unspecified atom stereocenters. The van der Waals surface area contributed by atoms with Crippen LogP contribution in [0.3, 0.4) is 0 Å². The van der Waals surface area contributed by atoms with Gasteiger partial charge in [-0.15, -0.1) is 0 Å². The third kappa shape index (κ3) is 3.30. The molecule has 0 bridgehead atoms. The first-order valence-electron chi connectivity index (χ1n) is 5.22. The lowest BCUT2D eigenvalue weighted by Gasteiger charge is -2.16. The van der Waals surface area contributed by atoms with Gasteiger partial charge in [-0.1, -0.05) is 15.9 Å². The molecule has 1 amide bonds. The quantitative estimate of drug-likeness (QED) is 0.897. The molecule has 1 aromatic rings. The summed E-state index contributed by atoms with van der Waals surface area (Å²) in [5.74, 6) is -0.352. The van der Waals surface area contributed by atoms with Gasteiger partial charge in [0.15, 0.2) is 0 Å². The molecule has 0 spiro atoms. The zero-order valence-corrected chi connectivity index (χ0v) is 12.8. The Hall–Kier alpha value is -0.920. The Balaban J connectivity index is 3.05. The Labute approximate surface area is 115 Å². The molecular formula is C11H15BrN2O3S. The number of halogens is 1. The van der Waals surface area contributed by atoms with Gasteiger partial charge in [0.25, 0.3) is 0 Å². The summed E-state index contributed by atoms with van der Waals surface area (Å²) in [7, 11) is -0.790. The van der Waals surface area contributed by atoms with Crippen LogP contribution < -0.4 is 5.32 Å². The Morgan fingerprint density at radius 3 is 2.56 bits per heavy atom. The smallest absolute Gasteiger partial charge is 0.243 e. The highest BCUT2D eigenvalue weighted by Crippen LogP contribution is 2.21. The molecule has 18 heavy (non-hydrogen) atoms. The van der Waals surface area contributed by atoms with Gasteiger partial charge in [0.2, 0.25) is 15.9 Å². The Morgan fingerprint density at radius 1 is 1.44 bits per heavy atom. The van der Waals surface area contributed by atoms with E-state index in [0.29, 0.717) is 0 Å². The number of sulfonamides is 1. The van der Waals surface area contributed by atoms with Crippen LogP contribution in [0.2, 0.25) is 0 Å². The third-order valence-corrected chi connectivity index (χ3v) is 5.17. The lowest BCUT2D eigenvalue weighted by molar-refractivity contribution is -0.120. The summed E-state index contributed by atoms with van der Waals surface area (Å²) in [6, 6.07) is 4.75. The average Bonchev–Trinajstić information content (AvgIpc) is 2.32. The van der Waals surface area contributed by atoms with Gasteiger partial charge in [0.05, 0.1) is 11.4 Å². The normalized spacial score (nSPS) is 11.6. The third-order valence-electron chi connectivity index (χ3n) is 2.48. The monoisotopic (exact) mass is 334 g/mol. The minimum Gasteiger partial charge on any atom is -0.358 e. The number of nitrogens with zero attached hydrogens (tertiary/aromatic N) is 1. The van der Waals surface area contributed by atoms with Gasteiger partial charge in [-0.3, -0.25) is 4.79 Å². The number of rotatable bonds is 4. The number of nitrogens with one attached hydrogen (secondary N) is 1. The predicted molar refractivity (Wildman–Crippen MR) is 72.8 cm³/mol. The van der Waals surface area contributed by atoms with E-state index in [0.717, 1.165) is 14.3 Å². The fraction of sp³-hybridized carbons (Fsp3) is 0.364. The predicted octanol–water partition coefficient (Wildman–Crippen LogP) is 1.12. The second-order valence-electron chi connectivity index (χ2n) is 3.85. The fourth-order valence-corrected chi connectivity index (χ4v) is 2.78. The minimum atomic E-state index is -3.63. The summed E-state index contributed by atoms with van der Waals surface area (Å²) in [4.78, 5) is 11.4. The van der Waals surface area contributed by atoms with Crippen LogP contribution in [0.5, 0.6) is 0 Å². The first-order valence-corrected chi connectivity index (χ1v) is 7.45. The molecule has 0 saturated heterocycles. The van der Waals surface area contributed by atoms with Crippen molar-refractivity contribution < 1.29 is 13.2 Å². The highest BCUT2D eigenvalue weighted by molar-refractivity contribution is 9.10. The van der Waals surface area contributed by atoms with Crippen molar-refractivity contribution in [3.63, 3.8) is 0 Å². The van der Waals surface area contributed by atoms with Crippen molar-refractivity contribution in [3.8, 4) is 0 Å². The molecule has 5 nitrogen and oxygen atoms in total. The molecule has 0 radical (unpaired) electrons. The second kappa shape index (κ2) is 5.81. The van der Waals surface area contributed by atoms with Crippen molar-refractivity contribution in [1.29, 1.82) is 0 Å². The number of hydrogen-bond donors (Lipinski definition) is 1. The van der Waals surface area contributed by atoms with E-state index in [-0.39, 0.29) is 17.3 Å². The van der Waals surface area contributed by atoms with Gasteiger partial charge in [-0.25, -0.2) is 8.42 Å². The summed E-state index contributed by atoms with van der Waals surface area (Å²) < 4.78 is 26.2. The Morgan fingerprint density at radius 2 is 2.06 bits per heavy atom. The highest BCUT2D eigenvalue weighted by atomic mass is 79.9. The van der Waals surface area contributed by atoms with E-state index in [1.807, 2.05) is 6.92 Å². The molecule has 0 aliphatic carbocycles. The molecule has 0 saturated carbocycles. The summed E-state index contributed by atoms with van der Waals surface area (Å²) in [5.41, 5.74) is 0.824. The Kier molecular flexibility index (Phi) is 4.89. The van der Waals surface area contributed by atoms with Gasteiger partial charge in [-0.2, -0.15) is 4.31 Å². The van der Waals surface area contributed by atoms with Crippen LogP contribution in [0.1, 0.15) is 5.56 Å². The van der Waals surface area contributed by atoms with E-state index in [1.165, 1.54) is 20.2 Å². The first-order chi connectivity index (χ1) is 8.28. The van der Waals surface area contributed by atoms with Crippen LogP contribution in [-0.4, -0.2) is 39.3 Å². The molecule has 7 heteroatoms. The van der Waals surface area contributed by atoms with Gasteiger partial charge in [0.1, 0.15) is 0 Å². The summed E-state index contributed by atoms with van der Waals surface area (Å²) in [6.45, 7) is 1.61. The molecule has 0 fully saturated rings. The first kappa shape index (κ1) is 15.1. The zero-order valence-electron chi connectivity index (χ0n) is 10.4. The standard InChI is InChI=1S/C11H15BrN2O3S/c1-8-6-9(4-5-10(8)12)18(16,17)14(3)7-11(15)13-2/h4-6H,7H2,1-3H3,(H,13,15). The number of likely N-dealkylation sites (N-methyl/N-ethyl adjacent to an activating group) is 2. The van der Waals surface area contributed by atoms with Gasteiger partial charge < -0.3 is 5.32 Å². The average molecular weight is 335 g/mol. The van der Waals surface area contributed by atoms with Crippen LogP contribution in [-0.2, 0) is 14.8 Å². The molecule has 1 aromatic carbocycles. The van der Waals surface area contributed by atoms with Gasteiger partial charge in [-0.05, 0) is 30.7 Å². The van der Waals surface area contributed by atoms with E-state index in [4.69, 9.17) is 0 Å². The van der Waals surface area contributed by atoms with E-state index in [9.17, 15) is 13.2 Å². The largest absolute Gasteiger partial charge is 0.358 e. The maximum absolute atomic E-state index is 12.2. The van der Waals surface area contributed by atoms with E-state index in [2.05, 4.69) is 21.2 Å². The molecule has 0 aliphatic heterocycles. The lowest BCUT2D eigenvalue weighted by atomic mass is 10.2. The van der Waals surface area contributed by atoms with E-state index < -0.39 is 10.0 Å². The van der Waals surface area contributed by atoms with Crippen molar-refractivity contribution in [2.24, 2.45) is 0 Å². The number of hydrogen-bond acceptors (Lipinski definition) is 3. The number of benzene rings is 1. The van der Waals surface area contributed by atoms with E-state index >= 15 is 0 Å². The molecule has 0 heterocycles. The summed E-state index contributed by atoms with van der Waals surface area (Å²) >= 11 is 3.31. The van der Waals surface area contributed by atoms with Crippen LogP contribution in [0, 0.1) is 6.92 Å². The summed E-state index contributed by atoms with van der Waals surface area (Å²) in [6.07, 6.45) is 0. The molecule has 0 aliphatic rings. The van der Waals surface area contributed by atoms with Crippen molar-refractivity contribution in [2.45, 2.75) is 11.8 Å². The molecule has 0 atom stereocenters. The lowest BCUT2D eigenvalue weighted by Crippen LogP contribution is -2.36. The second-order valence-corrected chi connectivity index (χ2v) is 6.74. The van der Waals surface area contributed by atoms with Crippen molar-refractivity contribution in [3.05, 3.63) is 28.2 Å². The topological polar surface area (TPSA) is 66.5 Å². The molecule has 1 N–H and O–H groups in total. The fourth-order valence-electron chi connectivity index (χ4n) is 1.32. The van der Waals surface area contributed by atoms with Crippen molar-refractivity contribution in [1.82, 2.24) is 9.62 Å². The van der Waals surface area contributed by atoms with Crippen molar-refractivity contribution >= 4 is 31.9 Å². The van der Waals surface area contributed by atoms with Crippen molar-refractivity contribution in [2.75, 3.05) is 20.6 Å². The maximum Gasteiger partial charge on any atom is 0.243 e. The molecular weight excluding hydrogens is 320 g/mol. The zero-order chi connectivity index (χ0) is 13.9. The van der Waals surface area contributed by atoms with Gasteiger partial charge in [0, 0.05) is 18.6 Å². The SMILES string of the molecule is CNC(=O)CN(C)S(=O)(=O)c1ccc(Br)c(C)c1. The number of carbonyl (C=O) groups excluding carboxylic acids is 1. The highest BCUT2D eigenvalue weighted by Gasteiger charge is 2.22. The molecule has 0 aromatic heterocycles. The van der Waals surface area contributed by atoms with Gasteiger partial charge >= 0.3 is 0 Å². The molecule has 100 valence electrons. The maximum atomic E-state index is 12.2. The van der Waals surface area contributed by atoms with E-state index in [1.54, 1.807) is 12.1 Å². The van der Waals surface area contributed by atoms with Crippen LogP contribution in [0.15, 0.2) is 27.6 Å². The van der Waals surface area contributed by atoms with Crippen LogP contribution in [0.25, 0.3) is 0 Å². The number of amides is 1. The summed E-state index contributed by atoms with van der Waals surface area (Å²) in [5, 5.41) is 2.39. The van der Waals surface area contributed by atoms with Crippen LogP contribution in [0.4, 0.5) is 0 Å². The molecule has 1 rings (SSSR count). The Bertz CT molecular complexity index is 557. The minimum absolute atomic E-state index is 0.176. The van der Waals surface area contributed by atoms with Crippen LogP contribution >= 0.6 is 15.9 Å². The number of carbonyl (C=O) groups is 1. The number of aryl methyl sites for hydroxylation is 1.